The summed E-state index contributed by atoms with van der Waals surface area (Å²) in [4.78, 5) is 28.6. The minimum atomic E-state index is -0.563. The summed E-state index contributed by atoms with van der Waals surface area (Å²) in [7, 11) is 0. The van der Waals surface area contributed by atoms with Crippen molar-refractivity contribution in [3.05, 3.63) is 64.4 Å². The monoisotopic (exact) mass is 489 g/mol. The number of carbonyl (C=O) groups is 2. The number of halogens is 2. The summed E-state index contributed by atoms with van der Waals surface area (Å²) in [5.74, 6) is 0.454. The number of hydrogen-bond acceptors (Lipinski definition) is 4. The molecular weight excluding hydrogens is 461 g/mol. The molecule has 2 amide bonds. The van der Waals surface area contributed by atoms with E-state index in [0.717, 1.165) is 25.9 Å². The van der Waals surface area contributed by atoms with E-state index in [2.05, 4.69) is 34.5 Å². The lowest BCUT2D eigenvalue weighted by atomic mass is 10.0. The van der Waals surface area contributed by atoms with Gasteiger partial charge in [0.1, 0.15) is 5.82 Å². The highest BCUT2D eigenvalue weighted by atomic mass is 35.5. The van der Waals surface area contributed by atoms with E-state index in [1.54, 1.807) is 11.0 Å². The molecule has 33 heavy (non-hydrogen) atoms. The van der Waals surface area contributed by atoms with Crippen molar-refractivity contribution in [3.8, 4) is 0 Å². The molecule has 2 aliphatic rings. The first-order valence-electron chi connectivity index (χ1n) is 11.3. The normalized spacial score (nSPS) is 19.6. The van der Waals surface area contributed by atoms with E-state index in [4.69, 9.17) is 11.6 Å². The Bertz CT molecular complexity index is 987. The van der Waals surface area contributed by atoms with Crippen LogP contribution < -0.4 is 10.2 Å². The predicted octanol–water partition coefficient (Wildman–Crippen LogP) is 4.10. The SMILES string of the molecule is CSCC(=O)NCCCc1cccc(N2CC3CN(C(=O)c4c(F)cccc4Cl)CC3C2)c1. The maximum atomic E-state index is 14.2. The van der Waals surface area contributed by atoms with Crippen molar-refractivity contribution in [2.75, 3.05) is 49.6 Å². The molecule has 0 aliphatic carbocycles. The minimum Gasteiger partial charge on any atom is -0.371 e. The molecule has 5 nitrogen and oxygen atoms in total. The minimum absolute atomic E-state index is 0.0201. The van der Waals surface area contributed by atoms with E-state index >= 15 is 0 Å². The van der Waals surface area contributed by atoms with Gasteiger partial charge in [-0.25, -0.2) is 4.39 Å². The largest absolute Gasteiger partial charge is 0.371 e. The Kier molecular flexibility index (Phi) is 7.81. The zero-order valence-corrected chi connectivity index (χ0v) is 20.3. The average Bonchev–Trinajstić information content (AvgIpc) is 3.37. The van der Waals surface area contributed by atoms with E-state index in [0.29, 0.717) is 37.2 Å². The van der Waals surface area contributed by atoms with Crippen molar-refractivity contribution >= 4 is 40.9 Å². The lowest BCUT2D eigenvalue weighted by Gasteiger charge is -2.24. The van der Waals surface area contributed by atoms with Gasteiger partial charge in [-0.05, 0) is 48.9 Å². The molecule has 2 aromatic rings. The second kappa shape index (κ2) is 10.8. The Morgan fingerprint density at radius 1 is 1.12 bits per heavy atom. The van der Waals surface area contributed by atoms with Gasteiger partial charge in [-0.1, -0.05) is 29.8 Å². The van der Waals surface area contributed by atoms with Crippen LogP contribution in [0.5, 0.6) is 0 Å². The molecule has 2 atom stereocenters. The maximum Gasteiger partial charge on any atom is 0.258 e. The third-order valence-electron chi connectivity index (χ3n) is 6.47. The molecule has 2 heterocycles. The zero-order chi connectivity index (χ0) is 23.4. The van der Waals surface area contributed by atoms with Crippen LogP contribution in [-0.4, -0.2) is 61.4 Å². The Morgan fingerprint density at radius 2 is 1.85 bits per heavy atom. The Morgan fingerprint density at radius 3 is 2.55 bits per heavy atom. The van der Waals surface area contributed by atoms with Gasteiger partial charge < -0.3 is 15.1 Å². The lowest BCUT2D eigenvalue weighted by molar-refractivity contribution is -0.118. The van der Waals surface area contributed by atoms with Crippen molar-refractivity contribution in [1.82, 2.24) is 10.2 Å². The highest BCUT2D eigenvalue weighted by Gasteiger charge is 2.42. The number of benzene rings is 2. The maximum absolute atomic E-state index is 14.2. The standard InChI is InChI=1S/C25H29ClFN3O2S/c1-33-16-23(31)28-10-4-6-17-5-2-7-20(11-17)29-12-18-14-30(15-19(18)13-29)25(32)24-21(26)8-3-9-22(24)27/h2-3,5,7-9,11,18-19H,4,6,10,12-16H2,1H3,(H,28,31). The van der Waals surface area contributed by atoms with Crippen LogP contribution in [0.4, 0.5) is 10.1 Å². The highest BCUT2D eigenvalue weighted by Crippen LogP contribution is 2.35. The molecule has 0 spiro atoms. The molecule has 2 saturated heterocycles. The molecule has 1 N–H and O–H groups in total. The quantitative estimate of drug-likeness (QED) is 0.567. The molecule has 0 bridgehead atoms. The van der Waals surface area contributed by atoms with Crippen LogP contribution in [0.3, 0.4) is 0 Å². The number of carbonyl (C=O) groups excluding carboxylic acids is 2. The second-order valence-electron chi connectivity index (χ2n) is 8.79. The second-order valence-corrected chi connectivity index (χ2v) is 10.1. The van der Waals surface area contributed by atoms with Crippen molar-refractivity contribution in [2.24, 2.45) is 11.8 Å². The summed E-state index contributed by atoms with van der Waals surface area (Å²) < 4.78 is 14.2. The highest BCUT2D eigenvalue weighted by molar-refractivity contribution is 7.99. The van der Waals surface area contributed by atoms with Gasteiger partial charge in [0.2, 0.25) is 5.91 Å². The van der Waals surface area contributed by atoms with Gasteiger partial charge in [-0.15, -0.1) is 0 Å². The van der Waals surface area contributed by atoms with Crippen LogP contribution in [0.2, 0.25) is 5.02 Å². The number of likely N-dealkylation sites (tertiary alicyclic amines) is 1. The van der Waals surface area contributed by atoms with Crippen molar-refractivity contribution < 1.29 is 14.0 Å². The number of nitrogens with zero attached hydrogens (tertiary/aromatic N) is 2. The molecule has 2 fully saturated rings. The first kappa shape index (κ1) is 23.9. The summed E-state index contributed by atoms with van der Waals surface area (Å²) >= 11 is 7.63. The Labute approximate surface area is 203 Å². The third kappa shape index (κ3) is 5.64. The summed E-state index contributed by atoms with van der Waals surface area (Å²) in [6, 6.07) is 12.9. The number of aryl methyl sites for hydroxylation is 1. The van der Waals surface area contributed by atoms with Gasteiger partial charge in [0.05, 0.1) is 16.3 Å². The number of anilines is 1. The molecule has 2 aromatic carbocycles. The molecule has 2 aliphatic heterocycles. The average molecular weight is 490 g/mol. The Hall–Kier alpha value is -2.25. The van der Waals surface area contributed by atoms with Gasteiger partial charge in [-0.2, -0.15) is 11.8 Å². The molecule has 176 valence electrons. The molecule has 2 unspecified atom stereocenters. The van der Waals surface area contributed by atoms with E-state index < -0.39 is 5.82 Å². The Balaban J connectivity index is 1.30. The fourth-order valence-corrected chi connectivity index (χ4v) is 5.45. The number of hydrogen-bond donors (Lipinski definition) is 1. The number of fused-ring (bicyclic) bond motifs is 1. The van der Waals surface area contributed by atoms with Crippen LogP contribution in [0, 0.1) is 17.7 Å². The topological polar surface area (TPSA) is 52.7 Å². The van der Waals surface area contributed by atoms with E-state index in [1.807, 2.05) is 6.26 Å². The fraction of sp³-hybridized carbons (Fsp3) is 0.440. The predicted molar refractivity (Wildman–Crippen MR) is 133 cm³/mol. The van der Waals surface area contributed by atoms with Gasteiger partial charge in [0, 0.05) is 50.2 Å². The smallest absolute Gasteiger partial charge is 0.258 e. The van der Waals surface area contributed by atoms with Crippen LogP contribution in [0.1, 0.15) is 22.3 Å². The first-order chi connectivity index (χ1) is 16.0. The van der Waals surface area contributed by atoms with Crippen molar-refractivity contribution in [3.63, 3.8) is 0 Å². The summed E-state index contributed by atoms with van der Waals surface area (Å²) in [5.41, 5.74) is 2.44. The van der Waals surface area contributed by atoms with E-state index in [9.17, 15) is 14.0 Å². The molecule has 0 saturated carbocycles. The lowest BCUT2D eigenvalue weighted by Crippen LogP contribution is -2.34. The molecule has 8 heteroatoms. The van der Waals surface area contributed by atoms with Crippen molar-refractivity contribution in [1.29, 1.82) is 0 Å². The molecular formula is C25H29ClFN3O2S. The third-order valence-corrected chi connectivity index (χ3v) is 7.33. The number of rotatable bonds is 8. The van der Waals surface area contributed by atoms with Crippen LogP contribution in [0.15, 0.2) is 42.5 Å². The molecule has 0 aromatic heterocycles. The molecule has 4 rings (SSSR count). The van der Waals surface area contributed by atoms with Gasteiger partial charge in [0.25, 0.3) is 5.91 Å². The summed E-state index contributed by atoms with van der Waals surface area (Å²) in [6.07, 6.45) is 3.75. The van der Waals surface area contributed by atoms with Gasteiger partial charge in [-0.3, -0.25) is 9.59 Å². The fourth-order valence-electron chi connectivity index (χ4n) is 4.84. The van der Waals surface area contributed by atoms with Crippen LogP contribution >= 0.6 is 23.4 Å². The number of nitrogens with one attached hydrogen (secondary N) is 1. The first-order valence-corrected chi connectivity index (χ1v) is 13.1. The van der Waals surface area contributed by atoms with Gasteiger partial charge in [0.15, 0.2) is 0 Å². The summed E-state index contributed by atoms with van der Waals surface area (Å²) in [5, 5.41) is 3.11. The van der Waals surface area contributed by atoms with E-state index in [1.165, 1.54) is 35.1 Å². The van der Waals surface area contributed by atoms with Crippen LogP contribution in [-0.2, 0) is 11.2 Å². The zero-order valence-electron chi connectivity index (χ0n) is 18.7. The van der Waals surface area contributed by atoms with Crippen molar-refractivity contribution in [2.45, 2.75) is 12.8 Å². The van der Waals surface area contributed by atoms with Crippen LogP contribution in [0.25, 0.3) is 0 Å². The molecule has 0 radical (unpaired) electrons. The van der Waals surface area contributed by atoms with E-state index in [-0.39, 0.29) is 22.4 Å². The number of thioether (sulfide) groups is 1. The van der Waals surface area contributed by atoms with Gasteiger partial charge >= 0.3 is 0 Å². The number of amides is 2. The summed E-state index contributed by atoms with van der Waals surface area (Å²) in [6.45, 7) is 3.70.